The minimum atomic E-state index is -0.324. The Morgan fingerprint density at radius 3 is 2.05 bits per heavy atom. The van der Waals surface area contributed by atoms with Crippen LogP contribution >= 0.6 is 22.9 Å². The van der Waals surface area contributed by atoms with Crippen molar-refractivity contribution >= 4 is 52.2 Å². The molecule has 2 aliphatic rings. The summed E-state index contributed by atoms with van der Waals surface area (Å²) >= 11 is 7.21. The molecule has 0 N–H and O–H groups in total. The van der Waals surface area contributed by atoms with Crippen LogP contribution in [0.5, 0.6) is 0 Å². The van der Waals surface area contributed by atoms with Crippen LogP contribution in [0.2, 0.25) is 4.34 Å². The molecule has 0 bridgehead atoms. The van der Waals surface area contributed by atoms with Gasteiger partial charge in [-0.2, -0.15) is 0 Å². The summed E-state index contributed by atoms with van der Waals surface area (Å²) in [6, 6.07) is 10.9. The molecule has 8 nitrogen and oxygen atoms in total. The summed E-state index contributed by atoms with van der Waals surface area (Å²) in [5, 5.41) is 0. The second-order valence-corrected chi connectivity index (χ2v) is 12.6. The molecule has 0 atom stereocenters. The maximum absolute atomic E-state index is 12.4. The zero-order valence-corrected chi connectivity index (χ0v) is 23.9. The number of rotatable bonds is 5. The minimum absolute atomic E-state index is 0.0421. The summed E-state index contributed by atoms with van der Waals surface area (Å²) in [6.07, 6.45) is 0.622. The molecule has 2 saturated heterocycles. The van der Waals surface area contributed by atoms with Crippen molar-refractivity contribution in [3.63, 3.8) is 0 Å². The summed E-state index contributed by atoms with van der Waals surface area (Å²) in [4.78, 5) is 41.3. The Labute approximate surface area is 228 Å². The van der Waals surface area contributed by atoms with Gasteiger partial charge in [0.05, 0.1) is 22.4 Å². The molecule has 0 unspecified atom stereocenters. The van der Waals surface area contributed by atoms with E-state index in [1.165, 1.54) is 11.3 Å². The van der Waals surface area contributed by atoms with Crippen molar-refractivity contribution in [2.75, 3.05) is 49.8 Å². The minimum Gasteiger partial charge on any atom is -0.447 e. The molecule has 2 fully saturated rings. The first kappa shape index (κ1) is 28.9. The summed E-state index contributed by atoms with van der Waals surface area (Å²) in [7, 11) is 1.86. The largest absolute Gasteiger partial charge is 0.447 e. The predicted octanol–water partition coefficient (Wildman–Crippen LogP) is 5.69. The van der Waals surface area contributed by atoms with E-state index in [1.54, 1.807) is 21.9 Å². The standard InChI is InChI=1S/C14H22ClNOS.C13H14N2O4/c1-13(2,3)9-14(4,5)16(6)12(17)10-7-8-11(15)18-10;16-12-9-18-7-5-14(12)10-1-3-11(4-2-10)15-6-8-19-13(15)17/h7-8H,9H2,1-6H3;1-4H,5-9H2. The van der Waals surface area contributed by atoms with Crippen molar-refractivity contribution < 1.29 is 23.9 Å². The zero-order chi connectivity index (χ0) is 27.4. The number of carbonyl (C=O) groups is 3. The number of benzene rings is 1. The lowest BCUT2D eigenvalue weighted by molar-refractivity contribution is -0.125. The van der Waals surface area contributed by atoms with Crippen molar-refractivity contribution in [3.8, 4) is 0 Å². The summed E-state index contributed by atoms with van der Waals surface area (Å²) in [6.45, 7) is 13.0. The average Bonchev–Trinajstić information content (AvgIpc) is 3.45. The molecule has 2 aliphatic heterocycles. The van der Waals surface area contributed by atoms with Gasteiger partial charge in [-0.3, -0.25) is 14.5 Å². The molecule has 10 heteroatoms. The number of carbonyl (C=O) groups excluding carboxylic acids is 3. The molecule has 37 heavy (non-hydrogen) atoms. The van der Waals surface area contributed by atoms with Crippen LogP contribution in [0.25, 0.3) is 0 Å². The van der Waals surface area contributed by atoms with Gasteiger partial charge in [-0.25, -0.2) is 4.79 Å². The Kier molecular flexibility index (Phi) is 9.26. The number of anilines is 2. The van der Waals surface area contributed by atoms with Crippen LogP contribution in [-0.2, 0) is 14.3 Å². The number of morpholine rings is 1. The number of thiophene rings is 1. The number of nitrogens with zero attached hydrogens (tertiary/aromatic N) is 3. The Morgan fingerprint density at radius 1 is 0.973 bits per heavy atom. The van der Waals surface area contributed by atoms with E-state index in [0.29, 0.717) is 35.5 Å². The summed E-state index contributed by atoms with van der Waals surface area (Å²) < 4.78 is 10.6. The van der Waals surface area contributed by atoms with E-state index >= 15 is 0 Å². The molecular weight excluding hydrogens is 514 g/mol. The molecule has 202 valence electrons. The van der Waals surface area contributed by atoms with Crippen LogP contribution < -0.4 is 9.80 Å². The smallest absolute Gasteiger partial charge is 0.414 e. The summed E-state index contributed by atoms with van der Waals surface area (Å²) in [5.41, 5.74) is 1.62. The van der Waals surface area contributed by atoms with E-state index in [9.17, 15) is 14.4 Å². The monoisotopic (exact) mass is 549 g/mol. The fourth-order valence-corrected chi connectivity index (χ4v) is 5.54. The molecular formula is C27H36ClN3O5S. The van der Waals surface area contributed by atoms with Gasteiger partial charge < -0.3 is 19.3 Å². The third kappa shape index (κ3) is 7.69. The first-order valence-corrected chi connectivity index (χ1v) is 13.4. The van der Waals surface area contributed by atoms with Crippen LogP contribution in [0.4, 0.5) is 16.2 Å². The van der Waals surface area contributed by atoms with Gasteiger partial charge in [0.15, 0.2) is 0 Å². The van der Waals surface area contributed by atoms with Crippen molar-refractivity contribution in [1.29, 1.82) is 0 Å². The number of ether oxygens (including phenoxy) is 2. The molecule has 3 heterocycles. The van der Waals surface area contributed by atoms with Crippen molar-refractivity contribution in [3.05, 3.63) is 45.6 Å². The number of cyclic esters (lactones) is 1. The lowest BCUT2D eigenvalue weighted by atomic mass is 9.81. The zero-order valence-electron chi connectivity index (χ0n) is 22.4. The van der Waals surface area contributed by atoms with Crippen molar-refractivity contribution in [2.24, 2.45) is 5.41 Å². The van der Waals surface area contributed by atoms with Crippen LogP contribution in [0.1, 0.15) is 50.7 Å². The molecule has 0 saturated carbocycles. The SMILES string of the molecule is CN(C(=O)c1ccc(Cl)s1)C(C)(C)CC(C)(C)C.O=C1COCCN1c1ccc(N2CCOC2=O)cc1. The Balaban J connectivity index is 0.000000206. The van der Waals surface area contributed by atoms with E-state index in [1.807, 2.05) is 36.2 Å². The lowest BCUT2D eigenvalue weighted by Gasteiger charge is -2.40. The Hall–Kier alpha value is -2.62. The fraction of sp³-hybridized carbons (Fsp3) is 0.519. The molecule has 4 rings (SSSR count). The predicted molar refractivity (Wildman–Crippen MR) is 148 cm³/mol. The van der Waals surface area contributed by atoms with Gasteiger partial charge in [0.1, 0.15) is 13.2 Å². The number of halogens is 1. The first-order chi connectivity index (χ1) is 17.3. The maximum Gasteiger partial charge on any atom is 0.414 e. The van der Waals surface area contributed by atoms with Gasteiger partial charge in [-0.05, 0) is 62.1 Å². The molecule has 1 aromatic carbocycles. The van der Waals surface area contributed by atoms with Gasteiger partial charge in [-0.15, -0.1) is 11.3 Å². The van der Waals surface area contributed by atoms with E-state index in [2.05, 4.69) is 34.6 Å². The highest BCUT2D eigenvalue weighted by Gasteiger charge is 2.33. The lowest BCUT2D eigenvalue weighted by Crippen LogP contribution is -2.47. The second-order valence-electron chi connectivity index (χ2n) is 10.9. The highest BCUT2D eigenvalue weighted by atomic mass is 35.5. The van der Waals surface area contributed by atoms with E-state index < -0.39 is 0 Å². The molecule has 0 spiro atoms. The van der Waals surface area contributed by atoms with Gasteiger partial charge >= 0.3 is 6.09 Å². The number of hydrogen-bond donors (Lipinski definition) is 0. The van der Waals surface area contributed by atoms with E-state index in [-0.39, 0.29) is 35.5 Å². The van der Waals surface area contributed by atoms with Crippen molar-refractivity contribution in [2.45, 2.75) is 46.6 Å². The molecule has 0 radical (unpaired) electrons. The number of amides is 3. The normalized spacial score (nSPS) is 16.3. The number of hydrogen-bond acceptors (Lipinski definition) is 6. The first-order valence-electron chi connectivity index (χ1n) is 12.2. The van der Waals surface area contributed by atoms with Crippen LogP contribution in [0.3, 0.4) is 0 Å². The summed E-state index contributed by atoms with van der Waals surface area (Å²) in [5.74, 6) is 0.000678. The van der Waals surface area contributed by atoms with E-state index in [4.69, 9.17) is 21.1 Å². The fourth-order valence-electron chi connectivity index (χ4n) is 4.52. The maximum atomic E-state index is 12.4. The molecule has 0 aliphatic carbocycles. The van der Waals surface area contributed by atoms with Crippen molar-refractivity contribution in [1.82, 2.24) is 4.90 Å². The highest BCUT2D eigenvalue weighted by molar-refractivity contribution is 7.17. The third-order valence-electron chi connectivity index (χ3n) is 6.18. The van der Waals surface area contributed by atoms with Crippen LogP contribution in [0.15, 0.2) is 36.4 Å². The topological polar surface area (TPSA) is 79.4 Å². The molecule has 1 aromatic heterocycles. The van der Waals surface area contributed by atoms with Crippen LogP contribution in [0, 0.1) is 5.41 Å². The molecule has 3 amide bonds. The average molecular weight is 550 g/mol. The van der Waals surface area contributed by atoms with Gasteiger partial charge in [0, 0.05) is 30.5 Å². The second kappa shape index (κ2) is 11.8. The highest BCUT2D eigenvalue weighted by Crippen LogP contribution is 2.32. The van der Waals surface area contributed by atoms with Gasteiger partial charge in [-0.1, -0.05) is 32.4 Å². The Bertz CT molecular complexity index is 1110. The van der Waals surface area contributed by atoms with Gasteiger partial charge in [0.2, 0.25) is 0 Å². The van der Waals surface area contributed by atoms with Gasteiger partial charge in [0.25, 0.3) is 11.8 Å². The van der Waals surface area contributed by atoms with Crippen LogP contribution in [-0.4, -0.2) is 68.3 Å². The molecule has 2 aromatic rings. The quantitative estimate of drug-likeness (QED) is 0.478. The Morgan fingerprint density at radius 2 is 1.57 bits per heavy atom. The van der Waals surface area contributed by atoms with E-state index in [0.717, 1.165) is 17.8 Å². The third-order valence-corrected chi connectivity index (χ3v) is 7.40.